The van der Waals surface area contributed by atoms with Crippen LogP contribution in [0.2, 0.25) is 0 Å². The average Bonchev–Trinajstić information content (AvgIpc) is 2.29. The summed E-state index contributed by atoms with van der Waals surface area (Å²) in [5.41, 5.74) is 0.672. The molecule has 0 unspecified atom stereocenters. The molecule has 0 bridgehead atoms. The topological polar surface area (TPSA) is 41.6 Å². The number of carbonyl (C=O) groups excluding carboxylic acids is 1. The third kappa shape index (κ3) is 3.55. The first-order valence-corrected chi connectivity index (χ1v) is 5.24. The van der Waals surface area contributed by atoms with Gasteiger partial charge in [0.25, 0.3) is 5.91 Å². The van der Waals surface area contributed by atoms with E-state index in [0.717, 1.165) is 12.3 Å². The zero-order valence-corrected chi connectivity index (χ0v) is 9.99. The Morgan fingerprint density at radius 2 is 1.94 bits per heavy atom. The number of amides is 1. The summed E-state index contributed by atoms with van der Waals surface area (Å²) < 4.78 is 5.45. The normalized spacial score (nSPS) is 9.94. The molecular weight excluding hydrogens is 204 g/mol. The van der Waals surface area contributed by atoms with Gasteiger partial charge in [0.2, 0.25) is 0 Å². The first-order chi connectivity index (χ1) is 7.65. The van der Waals surface area contributed by atoms with E-state index < -0.39 is 0 Å². The minimum Gasteiger partial charge on any atom is -0.492 e. The molecule has 0 saturated heterocycles. The molecule has 0 fully saturated rings. The molecule has 0 saturated carbocycles. The maximum absolute atomic E-state index is 11.6. The molecule has 88 valence electrons. The lowest BCUT2D eigenvalue weighted by molar-refractivity contribution is 0.0827. The summed E-state index contributed by atoms with van der Waals surface area (Å²) in [4.78, 5) is 13.1. The number of rotatable bonds is 5. The van der Waals surface area contributed by atoms with Crippen LogP contribution < -0.4 is 10.1 Å². The number of nitrogens with one attached hydrogen (secondary N) is 1. The van der Waals surface area contributed by atoms with E-state index >= 15 is 0 Å². The van der Waals surface area contributed by atoms with Crippen LogP contribution in [0.25, 0.3) is 0 Å². The fourth-order valence-corrected chi connectivity index (χ4v) is 1.22. The molecule has 1 aromatic rings. The summed E-state index contributed by atoms with van der Waals surface area (Å²) in [5, 5.41) is 3.00. The summed E-state index contributed by atoms with van der Waals surface area (Å²) in [6.45, 7) is 1.43. The first kappa shape index (κ1) is 12.5. The molecule has 0 radical (unpaired) electrons. The summed E-state index contributed by atoms with van der Waals surface area (Å²) in [6, 6.07) is 7.17. The zero-order valence-electron chi connectivity index (χ0n) is 9.99. The number of likely N-dealkylation sites (N-methyl/N-ethyl adjacent to an activating group) is 1. The molecule has 16 heavy (non-hydrogen) atoms. The van der Waals surface area contributed by atoms with Crippen LogP contribution in [0.15, 0.2) is 24.3 Å². The van der Waals surface area contributed by atoms with Crippen LogP contribution in [0.5, 0.6) is 5.75 Å². The quantitative estimate of drug-likeness (QED) is 0.755. The second-order valence-corrected chi connectivity index (χ2v) is 3.68. The van der Waals surface area contributed by atoms with E-state index in [4.69, 9.17) is 4.74 Å². The Morgan fingerprint density at radius 1 is 1.31 bits per heavy atom. The van der Waals surface area contributed by atoms with Gasteiger partial charge in [0.1, 0.15) is 12.4 Å². The van der Waals surface area contributed by atoms with E-state index in [2.05, 4.69) is 5.32 Å². The van der Waals surface area contributed by atoms with Gasteiger partial charge in [0.15, 0.2) is 0 Å². The maximum atomic E-state index is 11.6. The van der Waals surface area contributed by atoms with Crippen LogP contribution in [0, 0.1) is 0 Å². The second-order valence-electron chi connectivity index (χ2n) is 3.68. The van der Waals surface area contributed by atoms with Gasteiger partial charge in [-0.25, -0.2) is 0 Å². The highest BCUT2D eigenvalue weighted by molar-refractivity contribution is 5.93. The van der Waals surface area contributed by atoms with Crippen LogP contribution in [0.4, 0.5) is 0 Å². The Kier molecular flexibility index (Phi) is 4.79. The SMILES string of the molecule is CNCCOc1ccc(C(=O)N(C)C)cc1. The molecule has 4 heteroatoms. The lowest BCUT2D eigenvalue weighted by atomic mass is 10.2. The predicted molar refractivity (Wildman–Crippen MR) is 63.9 cm³/mol. The van der Waals surface area contributed by atoms with Gasteiger partial charge in [-0.3, -0.25) is 4.79 Å². The van der Waals surface area contributed by atoms with Crippen molar-refractivity contribution >= 4 is 5.91 Å². The van der Waals surface area contributed by atoms with Crippen LogP contribution >= 0.6 is 0 Å². The Hall–Kier alpha value is -1.55. The molecule has 0 heterocycles. The minimum atomic E-state index is 0.00164. The van der Waals surface area contributed by atoms with Crippen molar-refractivity contribution in [3.8, 4) is 5.75 Å². The van der Waals surface area contributed by atoms with Gasteiger partial charge in [-0.1, -0.05) is 0 Å². The Balaban J connectivity index is 2.57. The molecule has 0 aliphatic rings. The van der Waals surface area contributed by atoms with E-state index in [1.54, 1.807) is 31.1 Å². The second kappa shape index (κ2) is 6.12. The van der Waals surface area contributed by atoms with Crippen LogP contribution in [-0.4, -0.2) is 45.1 Å². The fraction of sp³-hybridized carbons (Fsp3) is 0.417. The average molecular weight is 222 g/mol. The highest BCUT2D eigenvalue weighted by atomic mass is 16.5. The van der Waals surface area contributed by atoms with Crippen molar-refractivity contribution in [3.63, 3.8) is 0 Å². The fourth-order valence-electron chi connectivity index (χ4n) is 1.22. The van der Waals surface area contributed by atoms with E-state index in [-0.39, 0.29) is 5.91 Å². The molecule has 0 atom stereocenters. The molecule has 4 nitrogen and oxygen atoms in total. The van der Waals surface area contributed by atoms with Gasteiger partial charge in [0, 0.05) is 26.2 Å². The Morgan fingerprint density at radius 3 is 2.44 bits per heavy atom. The number of nitrogens with zero attached hydrogens (tertiary/aromatic N) is 1. The summed E-state index contributed by atoms with van der Waals surface area (Å²) >= 11 is 0. The van der Waals surface area contributed by atoms with Gasteiger partial charge in [-0.15, -0.1) is 0 Å². The van der Waals surface area contributed by atoms with Crippen molar-refractivity contribution in [3.05, 3.63) is 29.8 Å². The third-order valence-electron chi connectivity index (χ3n) is 2.13. The van der Waals surface area contributed by atoms with Gasteiger partial charge in [-0.2, -0.15) is 0 Å². The van der Waals surface area contributed by atoms with Gasteiger partial charge in [0.05, 0.1) is 0 Å². The van der Waals surface area contributed by atoms with E-state index in [1.165, 1.54) is 0 Å². The minimum absolute atomic E-state index is 0.00164. The number of carbonyl (C=O) groups is 1. The third-order valence-corrected chi connectivity index (χ3v) is 2.13. The summed E-state index contributed by atoms with van der Waals surface area (Å²) in [5.74, 6) is 0.785. The van der Waals surface area contributed by atoms with Gasteiger partial charge in [-0.05, 0) is 31.3 Å². The Bertz CT molecular complexity index is 333. The highest BCUT2D eigenvalue weighted by Gasteiger charge is 2.06. The monoisotopic (exact) mass is 222 g/mol. The van der Waals surface area contributed by atoms with Crippen LogP contribution in [-0.2, 0) is 0 Å². The maximum Gasteiger partial charge on any atom is 0.253 e. The summed E-state index contributed by atoms with van der Waals surface area (Å²) in [6.07, 6.45) is 0. The van der Waals surface area contributed by atoms with Gasteiger partial charge >= 0.3 is 0 Å². The van der Waals surface area contributed by atoms with Crippen molar-refractivity contribution in [2.45, 2.75) is 0 Å². The first-order valence-electron chi connectivity index (χ1n) is 5.24. The lowest BCUT2D eigenvalue weighted by Crippen LogP contribution is -2.21. The van der Waals surface area contributed by atoms with Gasteiger partial charge < -0.3 is 15.0 Å². The molecule has 0 aliphatic carbocycles. The molecule has 0 aromatic heterocycles. The van der Waals surface area contributed by atoms with Crippen molar-refractivity contribution < 1.29 is 9.53 Å². The van der Waals surface area contributed by atoms with Crippen LogP contribution in [0.1, 0.15) is 10.4 Å². The number of ether oxygens (including phenoxy) is 1. The molecule has 1 N–H and O–H groups in total. The predicted octanol–water partition coefficient (Wildman–Crippen LogP) is 0.987. The molecular formula is C12H18N2O2. The van der Waals surface area contributed by atoms with Crippen molar-refractivity contribution in [1.82, 2.24) is 10.2 Å². The van der Waals surface area contributed by atoms with Crippen LogP contribution in [0.3, 0.4) is 0 Å². The molecule has 1 amide bonds. The molecule has 1 aromatic carbocycles. The van der Waals surface area contributed by atoms with Crippen molar-refractivity contribution in [2.24, 2.45) is 0 Å². The standard InChI is InChI=1S/C12H18N2O2/c1-13-8-9-16-11-6-4-10(5-7-11)12(15)14(2)3/h4-7,13H,8-9H2,1-3H3. The Labute approximate surface area is 96.2 Å². The van der Waals surface area contributed by atoms with Crippen molar-refractivity contribution in [2.75, 3.05) is 34.3 Å². The number of benzene rings is 1. The zero-order chi connectivity index (χ0) is 12.0. The van der Waals surface area contributed by atoms with Crippen molar-refractivity contribution in [1.29, 1.82) is 0 Å². The van der Waals surface area contributed by atoms with E-state index in [1.807, 2.05) is 19.2 Å². The highest BCUT2D eigenvalue weighted by Crippen LogP contribution is 2.12. The molecule has 0 aliphatic heterocycles. The molecule has 0 spiro atoms. The van der Waals surface area contributed by atoms with E-state index in [0.29, 0.717) is 12.2 Å². The smallest absolute Gasteiger partial charge is 0.253 e. The number of hydrogen-bond acceptors (Lipinski definition) is 3. The largest absolute Gasteiger partial charge is 0.492 e. The van der Waals surface area contributed by atoms with E-state index in [9.17, 15) is 4.79 Å². The molecule has 1 rings (SSSR count). The summed E-state index contributed by atoms with van der Waals surface area (Å²) in [7, 11) is 5.35. The number of hydrogen-bond donors (Lipinski definition) is 1. The lowest BCUT2D eigenvalue weighted by Gasteiger charge is -2.11.